The number of nitrogens with zero attached hydrogens (tertiary/aromatic N) is 4. The maximum Gasteiger partial charge on any atom is 0.182 e. The summed E-state index contributed by atoms with van der Waals surface area (Å²) in [6.07, 6.45) is 3.74. The van der Waals surface area contributed by atoms with Gasteiger partial charge in [0.2, 0.25) is 0 Å². The predicted molar refractivity (Wildman–Crippen MR) is 69.5 cm³/mol. The summed E-state index contributed by atoms with van der Waals surface area (Å²) in [5.41, 5.74) is -0.359. The summed E-state index contributed by atoms with van der Waals surface area (Å²) < 4.78 is 5.58. The van der Waals surface area contributed by atoms with Crippen molar-refractivity contribution in [2.75, 3.05) is 7.11 Å². The molecule has 0 unspecified atom stereocenters. The smallest absolute Gasteiger partial charge is 0.182 e. The molecule has 0 atom stereocenters. The molecule has 0 amide bonds. The number of ketones is 1. The Morgan fingerprint density at radius 2 is 1.95 bits per heavy atom. The Morgan fingerprint density at radius 1 is 1.32 bits per heavy atom. The van der Waals surface area contributed by atoms with E-state index >= 15 is 0 Å². The molecule has 6 nitrogen and oxygen atoms in total. The first-order valence-electron chi connectivity index (χ1n) is 6.68. The minimum absolute atomic E-state index is 0.0681. The summed E-state index contributed by atoms with van der Waals surface area (Å²) >= 11 is 0. The van der Waals surface area contributed by atoms with Gasteiger partial charge in [-0.3, -0.25) is 4.79 Å². The van der Waals surface area contributed by atoms with Crippen LogP contribution in [-0.2, 0) is 23.0 Å². The van der Waals surface area contributed by atoms with Crippen molar-refractivity contribution in [3.05, 3.63) is 5.82 Å². The molecule has 6 heteroatoms. The Labute approximate surface area is 113 Å². The van der Waals surface area contributed by atoms with Crippen LogP contribution in [-0.4, -0.2) is 38.7 Å². The second-order valence-electron chi connectivity index (χ2n) is 6.16. The Balaban J connectivity index is 2.07. The highest BCUT2D eigenvalue weighted by molar-refractivity contribution is 5.88. The van der Waals surface area contributed by atoms with Gasteiger partial charge < -0.3 is 4.74 Å². The average molecular weight is 266 g/mol. The maximum absolute atomic E-state index is 12.5. The van der Waals surface area contributed by atoms with Gasteiger partial charge in [-0.2, -0.15) is 4.80 Å². The van der Waals surface area contributed by atoms with Crippen LogP contribution in [0.2, 0.25) is 0 Å². The summed E-state index contributed by atoms with van der Waals surface area (Å²) in [7, 11) is 3.32. The minimum Gasteiger partial charge on any atom is -0.370 e. The number of ether oxygens (including phenoxy) is 1. The lowest BCUT2D eigenvalue weighted by Gasteiger charge is -2.41. The van der Waals surface area contributed by atoms with Gasteiger partial charge in [0.05, 0.1) is 13.5 Å². The van der Waals surface area contributed by atoms with E-state index in [4.69, 9.17) is 4.74 Å². The zero-order valence-corrected chi connectivity index (χ0v) is 12.1. The molecule has 1 aliphatic rings. The summed E-state index contributed by atoms with van der Waals surface area (Å²) in [4.78, 5) is 13.9. The largest absolute Gasteiger partial charge is 0.370 e. The van der Waals surface area contributed by atoms with Gasteiger partial charge >= 0.3 is 0 Å². The van der Waals surface area contributed by atoms with Crippen LogP contribution in [0.3, 0.4) is 0 Å². The average Bonchev–Trinajstić information content (AvgIpc) is 2.75. The Morgan fingerprint density at radius 3 is 2.42 bits per heavy atom. The van der Waals surface area contributed by atoms with Crippen LogP contribution in [0.1, 0.15) is 45.4 Å². The van der Waals surface area contributed by atoms with Crippen molar-refractivity contribution in [2.45, 2.75) is 51.6 Å². The van der Waals surface area contributed by atoms with Crippen LogP contribution in [0.15, 0.2) is 0 Å². The Hall–Kier alpha value is -1.30. The highest BCUT2D eigenvalue weighted by Gasteiger charge is 2.44. The lowest BCUT2D eigenvalue weighted by atomic mass is 9.69. The molecule has 1 saturated carbocycles. The Kier molecular flexibility index (Phi) is 3.71. The summed E-state index contributed by atoms with van der Waals surface area (Å²) in [5.74, 6) is 0.534. The molecular weight excluding hydrogens is 244 g/mol. The molecular formula is C13H22N4O2. The molecule has 19 heavy (non-hydrogen) atoms. The highest BCUT2D eigenvalue weighted by Crippen LogP contribution is 2.42. The molecule has 1 heterocycles. The fraction of sp³-hybridized carbons (Fsp3) is 0.846. The van der Waals surface area contributed by atoms with Crippen LogP contribution in [0.25, 0.3) is 0 Å². The SMILES string of the molecule is COC1(C(=O)Cc2nnn(C)n2)CCC(C)(C)CC1. The van der Waals surface area contributed by atoms with Gasteiger partial charge in [-0.05, 0) is 36.3 Å². The van der Waals surface area contributed by atoms with E-state index in [1.165, 1.54) is 4.80 Å². The van der Waals surface area contributed by atoms with Gasteiger partial charge in [-0.1, -0.05) is 13.8 Å². The van der Waals surface area contributed by atoms with Crippen LogP contribution in [0, 0.1) is 5.41 Å². The fourth-order valence-corrected chi connectivity index (χ4v) is 2.63. The second-order valence-corrected chi connectivity index (χ2v) is 6.16. The molecule has 0 aliphatic heterocycles. The molecule has 1 fully saturated rings. The number of tetrazole rings is 1. The monoisotopic (exact) mass is 266 g/mol. The van der Waals surface area contributed by atoms with Gasteiger partial charge in [0, 0.05) is 7.11 Å². The molecule has 1 aromatic rings. The standard InChI is InChI=1S/C13H22N4O2/c1-12(2)5-7-13(19-4,8-6-12)10(18)9-11-14-16-17(3)15-11/h5-9H2,1-4H3. The molecule has 0 aromatic carbocycles. The normalized spacial score (nSPS) is 21.3. The second kappa shape index (κ2) is 5.00. The van der Waals surface area contributed by atoms with Crippen molar-refractivity contribution in [3.63, 3.8) is 0 Å². The quantitative estimate of drug-likeness (QED) is 0.821. The number of hydrogen-bond acceptors (Lipinski definition) is 5. The van der Waals surface area contributed by atoms with Gasteiger partial charge in [0.15, 0.2) is 11.6 Å². The first-order chi connectivity index (χ1) is 8.87. The molecule has 106 valence electrons. The third kappa shape index (κ3) is 3.00. The van der Waals surface area contributed by atoms with Crippen LogP contribution in [0.5, 0.6) is 0 Å². The zero-order valence-electron chi connectivity index (χ0n) is 12.1. The lowest BCUT2D eigenvalue weighted by molar-refractivity contribution is -0.147. The maximum atomic E-state index is 12.5. The third-order valence-corrected chi connectivity index (χ3v) is 4.18. The van der Waals surface area contributed by atoms with E-state index in [9.17, 15) is 4.79 Å². The van der Waals surface area contributed by atoms with Crippen molar-refractivity contribution in [1.82, 2.24) is 20.2 Å². The highest BCUT2D eigenvalue weighted by atomic mass is 16.5. The van der Waals surface area contributed by atoms with Crippen molar-refractivity contribution >= 4 is 5.78 Å². The number of aromatic nitrogens is 4. The summed E-state index contributed by atoms with van der Waals surface area (Å²) in [6, 6.07) is 0. The molecule has 0 spiro atoms. The van der Waals surface area contributed by atoms with Crippen molar-refractivity contribution < 1.29 is 9.53 Å². The van der Waals surface area contributed by atoms with Crippen LogP contribution < -0.4 is 0 Å². The summed E-state index contributed by atoms with van der Waals surface area (Å²) in [5, 5.41) is 11.7. The van der Waals surface area contributed by atoms with Gasteiger partial charge in [-0.15, -0.1) is 10.2 Å². The molecule has 0 saturated heterocycles. The number of carbonyl (C=O) groups excluding carboxylic acids is 1. The van der Waals surface area contributed by atoms with E-state index in [0.29, 0.717) is 11.2 Å². The van der Waals surface area contributed by atoms with Crippen LogP contribution in [0.4, 0.5) is 0 Å². The third-order valence-electron chi connectivity index (χ3n) is 4.18. The fourth-order valence-electron chi connectivity index (χ4n) is 2.63. The molecule has 0 radical (unpaired) electrons. The summed E-state index contributed by atoms with van der Waals surface area (Å²) in [6.45, 7) is 4.47. The van der Waals surface area contributed by atoms with Gasteiger partial charge in [-0.25, -0.2) is 0 Å². The molecule has 0 bridgehead atoms. The van der Waals surface area contributed by atoms with Crippen molar-refractivity contribution in [3.8, 4) is 0 Å². The van der Waals surface area contributed by atoms with Gasteiger partial charge in [0.1, 0.15) is 5.60 Å². The Bertz CT molecular complexity index is 457. The van der Waals surface area contributed by atoms with Crippen molar-refractivity contribution in [1.29, 1.82) is 0 Å². The number of Topliss-reactive ketones (excluding diaryl/α,β-unsaturated/α-hetero) is 1. The van der Waals surface area contributed by atoms with Gasteiger partial charge in [0.25, 0.3) is 0 Å². The zero-order chi connectivity index (χ0) is 14.1. The first kappa shape index (κ1) is 14.1. The van der Waals surface area contributed by atoms with E-state index in [1.807, 2.05) is 0 Å². The number of rotatable bonds is 4. The predicted octanol–water partition coefficient (Wildman–Crippen LogP) is 1.31. The minimum atomic E-state index is -0.658. The molecule has 2 rings (SSSR count). The van der Waals surface area contributed by atoms with Crippen LogP contribution >= 0.6 is 0 Å². The molecule has 0 N–H and O–H groups in total. The van der Waals surface area contributed by atoms with E-state index < -0.39 is 5.60 Å². The number of methoxy groups -OCH3 is 1. The van der Waals surface area contributed by atoms with E-state index in [1.54, 1.807) is 14.2 Å². The van der Waals surface area contributed by atoms with E-state index in [-0.39, 0.29) is 12.2 Å². The van der Waals surface area contributed by atoms with Crippen molar-refractivity contribution in [2.24, 2.45) is 12.5 Å². The number of hydrogen-bond donors (Lipinski definition) is 0. The molecule has 1 aliphatic carbocycles. The van der Waals surface area contributed by atoms with E-state index in [2.05, 4.69) is 29.3 Å². The first-order valence-corrected chi connectivity index (χ1v) is 6.68. The molecule has 1 aromatic heterocycles. The lowest BCUT2D eigenvalue weighted by Crippen LogP contribution is -2.46. The topological polar surface area (TPSA) is 69.9 Å². The number of carbonyl (C=O) groups is 1. The van der Waals surface area contributed by atoms with E-state index in [0.717, 1.165) is 25.7 Å². The number of aryl methyl sites for hydroxylation is 1.